The zero-order valence-electron chi connectivity index (χ0n) is 13.5. The SMILES string of the molecule is C[Si](C)(C)N[Si](C)(C)C.O=c1c2ccccc2nnn1O. The molecule has 8 heteroatoms. The lowest BCUT2D eigenvalue weighted by molar-refractivity contribution is 0.127. The predicted octanol–water partition coefficient (Wildman–Crippen LogP) is 2.27. The molecule has 0 saturated carbocycles. The third-order valence-corrected chi connectivity index (χ3v) is 8.30. The molecular formula is C13H24N4O2Si2. The van der Waals surface area contributed by atoms with Gasteiger partial charge in [0.25, 0.3) is 0 Å². The quantitative estimate of drug-likeness (QED) is 0.654. The van der Waals surface area contributed by atoms with Gasteiger partial charge in [-0.15, -0.1) is 5.10 Å². The monoisotopic (exact) mass is 324 g/mol. The summed E-state index contributed by atoms with van der Waals surface area (Å²) in [6, 6.07) is 6.69. The first-order valence-corrected chi connectivity index (χ1v) is 13.8. The first-order chi connectivity index (χ1) is 9.49. The highest BCUT2D eigenvalue weighted by Crippen LogP contribution is 2.03. The van der Waals surface area contributed by atoms with Crippen LogP contribution in [0.25, 0.3) is 10.9 Å². The van der Waals surface area contributed by atoms with E-state index in [0.29, 0.717) is 10.9 Å². The molecule has 1 aromatic carbocycles. The second kappa shape index (κ2) is 6.50. The van der Waals surface area contributed by atoms with E-state index in [4.69, 9.17) is 5.21 Å². The molecule has 0 spiro atoms. The van der Waals surface area contributed by atoms with Gasteiger partial charge in [0.1, 0.15) is 22.0 Å². The number of fused-ring (bicyclic) bond motifs is 1. The van der Waals surface area contributed by atoms with Gasteiger partial charge in [0.05, 0.1) is 5.39 Å². The molecule has 0 aliphatic rings. The maximum absolute atomic E-state index is 11.1. The Balaban J connectivity index is 0.000000222. The van der Waals surface area contributed by atoms with Crippen LogP contribution in [-0.2, 0) is 0 Å². The van der Waals surface area contributed by atoms with E-state index >= 15 is 0 Å². The number of rotatable bonds is 2. The first-order valence-electron chi connectivity index (χ1n) is 6.83. The molecule has 0 aliphatic heterocycles. The molecule has 0 atom stereocenters. The van der Waals surface area contributed by atoms with Crippen LogP contribution in [0.5, 0.6) is 0 Å². The molecule has 1 aromatic heterocycles. The Labute approximate surface area is 126 Å². The van der Waals surface area contributed by atoms with E-state index in [1.54, 1.807) is 24.3 Å². The summed E-state index contributed by atoms with van der Waals surface area (Å²) in [4.78, 5) is 11.4. The third-order valence-electron chi connectivity index (χ3n) is 2.30. The Morgan fingerprint density at radius 2 is 1.57 bits per heavy atom. The van der Waals surface area contributed by atoms with Crippen LogP contribution in [0.3, 0.4) is 0 Å². The highest BCUT2D eigenvalue weighted by molar-refractivity contribution is 6.90. The standard InChI is InChI=1S/C7H5N3O2.C6H19NSi2/c11-7-5-3-1-2-4-6(5)8-9-10(7)12;1-8(2,3)7-9(4,5)6/h1-4,12H;7H,1-6H3. The second-order valence-electron chi connectivity index (χ2n) is 6.93. The molecule has 1 heterocycles. The van der Waals surface area contributed by atoms with Crippen molar-refractivity contribution in [2.45, 2.75) is 39.3 Å². The lowest BCUT2D eigenvalue weighted by Crippen LogP contribution is -2.55. The number of nitrogens with zero attached hydrogens (tertiary/aromatic N) is 3. The van der Waals surface area contributed by atoms with E-state index in [-0.39, 0.29) is 4.85 Å². The van der Waals surface area contributed by atoms with Crippen LogP contribution in [0.4, 0.5) is 0 Å². The van der Waals surface area contributed by atoms with Gasteiger partial charge in [0, 0.05) is 0 Å². The van der Waals surface area contributed by atoms with Crippen molar-refractivity contribution in [3.05, 3.63) is 34.6 Å². The van der Waals surface area contributed by atoms with Gasteiger partial charge in [-0.2, -0.15) is 0 Å². The van der Waals surface area contributed by atoms with Crippen LogP contribution in [0.1, 0.15) is 0 Å². The first kappa shape index (κ1) is 17.5. The van der Waals surface area contributed by atoms with E-state index in [0.717, 1.165) is 0 Å². The Kier molecular flexibility index (Phi) is 5.43. The molecule has 0 bridgehead atoms. The largest absolute Gasteiger partial charge is 0.407 e. The number of hydrogen-bond donors (Lipinski definition) is 2. The van der Waals surface area contributed by atoms with Crippen molar-refractivity contribution in [3.63, 3.8) is 0 Å². The summed E-state index contributed by atoms with van der Waals surface area (Å²) < 4.78 is 3.74. The van der Waals surface area contributed by atoms with Crippen LogP contribution < -0.4 is 10.2 Å². The Bertz CT molecular complexity index is 647. The molecule has 2 rings (SSSR count). The maximum atomic E-state index is 11.1. The van der Waals surface area contributed by atoms with Crippen LogP contribution in [-0.4, -0.2) is 36.8 Å². The third kappa shape index (κ3) is 6.19. The highest BCUT2D eigenvalue weighted by Gasteiger charge is 2.22. The Morgan fingerprint density at radius 1 is 1.05 bits per heavy atom. The summed E-state index contributed by atoms with van der Waals surface area (Å²) in [7, 11) is -1.96. The number of benzene rings is 1. The molecule has 2 aromatic rings. The minimum atomic E-state index is -0.981. The molecular weight excluding hydrogens is 300 g/mol. The number of nitrogens with one attached hydrogen (secondary N) is 1. The highest BCUT2D eigenvalue weighted by atomic mass is 28.4. The molecule has 116 valence electrons. The maximum Gasteiger partial charge on any atom is 0.314 e. The minimum Gasteiger partial charge on any atom is -0.407 e. The van der Waals surface area contributed by atoms with Gasteiger partial charge in [0.15, 0.2) is 0 Å². The molecule has 0 unspecified atom stereocenters. The van der Waals surface area contributed by atoms with Gasteiger partial charge < -0.3 is 9.86 Å². The van der Waals surface area contributed by atoms with Crippen molar-refractivity contribution in [1.29, 1.82) is 0 Å². The van der Waals surface area contributed by atoms with Crippen LogP contribution in [0, 0.1) is 0 Å². The van der Waals surface area contributed by atoms with Crippen LogP contribution >= 0.6 is 0 Å². The van der Waals surface area contributed by atoms with Crippen molar-refractivity contribution < 1.29 is 5.21 Å². The van der Waals surface area contributed by atoms with Gasteiger partial charge in [-0.25, -0.2) is 0 Å². The summed E-state index contributed by atoms with van der Waals surface area (Å²) in [6.07, 6.45) is 0. The van der Waals surface area contributed by atoms with E-state index < -0.39 is 22.0 Å². The lowest BCUT2D eigenvalue weighted by atomic mass is 10.2. The fourth-order valence-corrected chi connectivity index (χ4v) is 11.1. The second-order valence-corrected chi connectivity index (χ2v) is 16.9. The average Bonchev–Trinajstić information content (AvgIpc) is 2.30. The summed E-state index contributed by atoms with van der Waals surface area (Å²) in [5.74, 6) is 0. The lowest BCUT2D eigenvalue weighted by Gasteiger charge is -2.28. The molecule has 21 heavy (non-hydrogen) atoms. The molecule has 0 amide bonds. The topological polar surface area (TPSA) is 80.0 Å². The smallest absolute Gasteiger partial charge is 0.314 e. The Hall–Kier alpha value is -1.52. The van der Waals surface area contributed by atoms with Gasteiger partial charge >= 0.3 is 5.56 Å². The van der Waals surface area contributed by atoms with Crippen molar-refractivity contribution in [2.24, 2.45) is 0 Å². The number of aromatic nitrogens is 3. The van der Waals surface area contributed by atoms with E-state index in [1.165, 1.54) is 0 Å². The van der Waals surface area contributed by atoms with Crippen LogP contribution in [0.2, 0.25) is 39.3 Å². The summed E-state index contributed by atoms with van der Waals surface area (Å²) in [5, 5.41) is 16.0. The summed E-state index contributed by atoms with van der Waals surface area (Å²) in [6.45, 7) is 14.1. The van der Waals surface area contributed by atoms with Gasteiger partial charge in [-0.1, -0.05) is 51.4 Å². The van der Waals surface area contributed by atoms with Crippen LogP contribution in [0.15, 0.2) is 29.1 Å². The molecule has 2 N–H and O–H groups in total. The predicted molar refractivity (Wildman–Crippen MR) is 90.8 cm³/mol. The normalized spacial score (nSPS) is 11.9. The van der Waals surface area contributed by atoms with Gasteiger partial charge in [0.2, 0.25) is 0 Å². The van der Waals surface area contributed by atoms with Crippen molar-refractivity contribution in [3.8, 4) is 0 Å². The average molecular weight is 325 g/mol. The zero-order valence-corrected chi connectivity index (χ0v) is 15.5. The fraction of sp³-hybridized carbons (Fsp3) is 0.462. The molecule has 0 radical (unpaired) electrons. The molecule has 0 fully saturated rings. The van der Waals surface area contributed by atoms with Crippen molar-refractivity contribution >= 4 is 27.4 Å². The van der Waals surface area contributed by atoms with Crippen molar-refractivity contribution in [2.75, 3.05) is 0 Å². The molecule has 0 saturated heterocycles. The van der Waals surface area contributed by atoms with Gasteiger partial charge in [-0.3, -0.25) is 4.79 Å². The van der Waals surface area contributed by atoms with E-state index in [9.17, 15) is 4.79 Å². The molecule has 6 nitrogen and oxygen atoms in total. The van der Waals surface area contributed by atoms with E-state index in [1.807, 2.05) is 0 Å². The summed E-state index contributed by atoms with van der Waals surface area (Å²) >= 11 is 0. The van der Waals surface area contributed by atoms with E-state index in [2.05, 4.69) is 54.2 Å². The molecule has 0 aliphatic carbocycles. The fourth-order valence-electron chi connectivity index (χ4n) is 2.11. The minimum absolute atomic E-state index is 0.225. The summed E-state index contributed by atoms with van der Waals surface area (Å²) in [5.41, 5.74) is -0.0756. The zero-order chi connectivity index (χ0) is 16.3. The van der Waals surface area contributed by atoms with Gasteiger partial charge in [-0.05, 0) is 22.2 Å². The van der Waals surface area contributed by atoms with Crippen molar-refractivity contribution in [1.82, 2.24) is 19.8 Å². The number of hydrogen-bond acceptors (Lipinski definition) is 5. The Morgan fingerprint density at radius 3 is 2.05 bits per heavy atom.